The van der Waals surface area contributed by atoms with E-state index in [9.17, 15) is 4.39 Å². The molecule has 0 fully saturated rings. The molecule has 0 atom stereocenters. The number of nitrogens with zero attached hydrogens (tertiary/aromatic N) is 1. The summed E-state index contributed by atoms with van der Waals surface area (Å²) in [5.41, 5.74) is 7.30. The van der Waals surface area contributed by atoms with Crippen molar-refractivity contribution in [3.8, 4) is 11.1 Å². The van der Waals surface area contributed by atoms with Gasteiger partial charge in [-0.25, -0.2) is 4.98 Å². The van der Waals surface area contributed by atoms with Crippen LogP contribution in [0.2, 0.25) is 0 Å². The molecule has 2 heterocycles. The van der Waals surface area contributed by atoms with Gasteiger partial charge in [-0.15, -0.1) is 11.3 Å². The fourth-order valence-corrected chi connectivity index (χ4v) is 1.75. The third-order valence-corrected chi connectivity index (χ3v) is 2.44. The highest BCUT2D eigenvalue weighted by atomic mass is 32.1. The Balaban J connectivity index is 2.46. The fraction of sp³-hybridized carbons (Fsp3) is 0. The molecule has 0 unspecified atom stereocenters. The maximum absolute atomic E-state index is 12.7. The second-order valence-electron chi connectivity index (χ2n) is 2.60. The summed E-state index contributed by atoms with van der Waals surface area (Å²) in [6, 6.07) is 4.96. The van der Waals surface area contributed by atoms with Crippen molar-refractivity contribution >= 4 is 16.3 Å². The molecule has 0 saturated carbocycles. The van der Waals surface area contributed by atoms with Crippen LogP contribution >= 0.6 is 11.3 Å². The molecular formula is C9H7FN2S. The maximum atomic E-state index is 12.7. The Morgan fingerprint density at radius 3 is 2.77 bits per heavy atom. The van der Waals surface area contributed by atoms with E-state index in [1.54, 1.807) is 6.07 Å². The van der Waals surface area contributed by atoms with Crippen LogP contribution in [0.4, 0.5) is 9.39 Å². The molecule has 0 saturated heterocycles. The molecule has 0 amide bonds. The predicted octanol–water partition coefficient (Wildman–Crippen LogP) is 2.53. The van der Waals surface area contributed by atoms with Crippen LogP contribution in [0.1, 0.15) is 0 Å². The average Bonchev–Trinajstić information content (AvgIpc) is 2.52. The van der Waals surface area contributed by atoms with E-state index in [-0.39, 0.29) is 0 Å². The Labute approximate surface area is 78.9 Å². The van der Waals surface area contributed by atoms with Crippen molar-refractivity contribution in [1.29, 1.82) is 0 Å². The topological polar surface area (TPSA) is 38.9 Å². The van der Waals surface area contributed by atoms with Crippen LogP contribution in [-0.2, 0) is 0 Å². The molecule has 13 heavy (non-hydrogen) atoms. The van der Waals surface area contributed by atoms with E-state index < -0.39 is 5.95 Å². The van der Waals surface area contributed by atoms with E-state index in [1.807, 2.05) is 11.4 Å². The highest BCUT2D eigenvalue weighted by molar-refractivity contribution is 7.14. The van der Waals surface area contributed by atoms with Crippen molar-refractivity contribution in [1.82, 2.24) is 4.98 Å². The number of pyridine rings is 1. The predicted molar refractivity (Wildman–Crippen MR) is 51.9 cm³/mol. The minimum atomic E-state index is -0.470. The Hall–Kier alpha value is -1.42. The maximum Gasteiger partial charge on any atom is 0.213 e. The van der Waals surface area contributed by atoms with Gasteiger partial charge in [-0.1, -0.05) is 0 Å². The van der Waals surface area contributed by atoms with E-state index >= 15 is 0 Å². The van der Waals surface area contributed by atoms with Gasteiger partial charge in [0.05, 0.1) is 5.00 Å². The number of halogens is 1. The summed E-state index contributed by atoms with van der Waals surface area (Å²) in [7, 11) is 0. The summed E-state index contributed by atoms with van der Waals surface area (Å²) in [5, 5.41) is 2.62. The largest absolute Gasteiger partial charge is 0.391 e. The van der Waals surface area contributed by atoms with Gasteiger partial charge in [0.15, 0.2) is 0 Å². The SMILES string of the molecule is Nc1cc(-c2ccnc(F)c2)cs1. The highest BCUT2D eigenvalue weighted by Crippen LogP contribution is 2.26. The standard InChI is InChI=1S/C9H7FN2S/c10-8-3-6(1-2-12-8)7-4-9(11)13-5-7/h1-5H,11H2. The lowest BCUT2D eigenvalue weighted by atomic mass is 10.1. The third kappa shape index (κ3) is 1.67. The molecule has 0 aromatic carbocycles. The van der Waals surface area contributed by atoms with Crippen LogP contribution in [-0.4, -0.2) is 4.98 Å². The normalized spacial score (nSPS) is 10.2. The number of aromatic nitrogens is 1. The zero-order valence-electron chi connectivity index (χ0n) is 6.70. The molecule has 2 rings (SSSR count). The molecule has 0 spiro atoms. The monoisotopic (exact) mass is 194 g/mol. The van der Waals surface area contributed by atoms with Crippen molar-refractivity contribution < 1.29 is 4.39 Å². The number of nitrogen functional groups attached to an aromatic ring is 1. The summed E-state index contributed by atoms with van der Waals surface area (Å²) in [5.74, 6) is -0.470. The van der Waals surface area contributed by atoms with E-state index in [0.717, 1.165) is 16.1 Å². The molecule has 2 aromatic heterocycles. The van der Waals surface area contributed by atoms with E-state index in [4.69, 9.17) is 5.73 Å². The van der Waals surface area contributed by atoms with Gasteiger partial charge in [-0.2, -0.15) is 4.39 Å². The third-order valence-electron chi connectivity index (χ3n) is 1.68. The van der Waals surface area contributed by atoms with Gasteiger partial charge in [0.1, 0.15) is 0 Å². The first-order chi connectivity index (χ1) is 6.25. The number of hydrogen-bond donors (Lipinski definition) is 1. The lowest BCUT2D eigenvalue weighted by molar-refractivity contribution is 0.584. The van der Waals surface area contributed by atoms with Gasteiger partial charge in [-0.3, -0.25) is 0 Å². The first-order valence-corrected chi connectivity index (χ1v) is 4.59. The van der Waals surface area contributed by atoms with Gasteiger partial charge < -0.3 is 5.73 Å². The Kier molecular flexibility index (Phi) is 1.98. The molecule has 2 N–H and O–H groups in total. The lowest BCUT2D eigenvalue weighted by Crippen LogP contribution is -1.82. The minimum Gasteiger partial charge on any atom is -0.391 e. The molecule has 66 valence electrons. The zero-order chi connectivity index (χ0) is 9.26. The van der Waals surface area contributed by atoms with Crippen molar-refractivity contribution in [2.45, 2.75) is 0 Å². The van der Waals surface area contributed by atoms with Crippen LogP contribution in [0.15, 0.2) is 29.8 Å². The van der Waals surface area contributed by atoms with Crippen molar-refractivity contribution in [2.75, 3.05) is 5.73 Å². The number of rotatable bonds is 1. The number of nitrogens with two attached hydrogens (primary N) is 1. The van der Waals surface area contributed by atoms with Crippen LogP contribution in [0.25, 0.3) is 11.1 Å². The van der Waals surface area contributed by atoms with E-state index in [2.05, 4.69) is 4.98 Å². The van der Waals surface area contributed by atoms with Crippen molar-refractivity contribution in [2.24, 2.45) is 0 Å². The molecular weight excluding hydrogens is 187 g/mol. The van der Waals surface area contributed by atoms with Crippen LogP contribution in [0.5, 0.6) is 0 Å². The molecule has 0 aliphatic carbocycles. The summed E-state index contributed by atoms with van der Waals surface area (Å²) < 4.78 is 12.7. The molecule has 0 aliphatic heterocycles. The summed E-state index contributed by atoms with van der Waals surface area (Å²) in [6.07, 6.45) is 1.44. The Morgan fingerprint density at radius 1 is 1.31 bits per heavy atom. The van der Waals surface area contributed by atoms with Gasteiger partial charge in [-0.05, 0) is 23.3 Å². The van der Waals surface area contributed by atoms with Gasteiger partial charge in [0.25, 0.3) is 0 Å². The van der Waals surface area contributed by atoms with Crippen LogP contribution < -0.4 is 5.73 Å². The molecule has 2 aromatic rings. The van der Waals surface area contributed by atoms with E-state index in [0.29, 0.717) is 0 Å². The van der Waals surface area contributed by atoms with Crippen LogP contribution in [0, 0.1) is 5.95 Å². The summed E-state index contributed by atoms with van der Waals surface area (Å²) in [6.45, 7) is 0. The minimum absolute atomic E-state index is 0.470. The van der Waals surface area contributed by atoms with Crippen molar-refractivity contribution in [3.05, 3.63) is 35.7 Å². The lowest BCUT2D eigenvalue weighted by Gasteiger charge is -1.95. The molecule has 0 aliphatic rings. The van der Waals surface area contributed by atoms with Gasteiger partial charge in [0, 0.05) is 17.6 Å². The second-order valence-corrected chi connectivity index (χ2v) is 3.55. The smallest absolute Gasteiger partial charge is 0.213 e. The zero-order valence-corrected chi connectivity index (χ0v) is 7.51. The molecule has 2 nitrogen and oxygen atoms in total. The van der Waals surface area contributed by atoms with Crippen molar-refractivity contribution in [3.63, 3.8) is 0 Å². The molecule has 0 bridgehead atoms. The summed E-state index contributed by atoms with van der Waals surface area (Å²) in [4.78, 5) is 3.48. The van der Waals surface area contributed by atoms with E-state index in [1.165, 1.54) is 23.6 Å². The molecule has 0 radical (unpaired) electrons. The van der Waals surface area contributed by atoms with Gasteiger partial charge in [0.2, 0.25) is 5.95 Å². The van der Waals surface area contributed by atoms with Gasteiger partial charge >= 0.3 is 0 Å². The van der Waals surface area contributed by atoms with Crippen LogP contribution in [0.3, 0.4) is 0 Å². The fourth-order valence-electron chi connectivity index (χ4n) is 1.09. The number of hydrogen-bond acceptors (Lipinski definition) is 3. The number of thiophene rings is 1. The second kappa shape index (κ2) is 3.14. The number of anilines is 1. The average molecular weight is 194 g/mol. The first kappa shape index (κ1) is 8.19. The Morgan fingerprint density at radius 2 is 2.15 bits per heavy atom. The highest BCUT2D eigenvalue weighted by Gasteiger charge is 2.01. The first-order valence-electron chi connectivity index (χ1n) is 3.71. The quantitative estimate of drug-likeness (QED) is 0.708. The summed E-state index contributed by atoms with van der Waals surface area (Å²) >= 11 is 1.44. The molecule has 4 heteroatoms. The Bertz CT molecular complexity index is 425.